The Morgan fingerprint density at radius 1 is 1.27 bits per heavy atom. The molecule has 2 N–H and O–H groups in total. The highest BCUT2D eigenvalue weighted by atomic mass is 35.5. The van der Waals surface area contributed by atoms with Crippen LogP contribution in [0.3, 0.4) is 0 Å². The first-order chi connectivity index (χ1) is 7.18. The molecule has 0 radical (unpaired) electrons. The SMILES string of the molecule is CC(=O)NCCNCc1ccc(Cl)cc1. The van der Waals surface area contributed by atoms with Gasteiger partial charge in [-0.3, -0.25) is 4.79 Å². The van der Waals surface area contributed by atoms with Crippen LogP contribution in [0.15, 0.2) is 24.3 Å². The molecule has 15 heavy (non-hydrogen) atoms. The second-order valence-electron chi connectivity index (χ2n) is 3.29. The number of hydrogen-bond acceptors (Lipinski definition) is 2. The van der Waals surface area contributed by atoms with E-state index in [1.165, 1.54) is 12.5 Å². The fourth-order valence-corrected chi connectivity index (χ4v) is 1.29. The molecule has 3 nitrogen and oxygen atoms in total. The summed E-state index contributed by atoms with van der Waals surface area (Å²) in [5.74, 6) is 0.00305. The summed E-state index contributed by atoms with van der Waals surface area (Å²) in [5, 5.41) is 6.68. The molecule has 4 heteroatoms. The van der Waals surface area contributed by atoms with Gasteiger partial charge in [-0.1, -0.05) is 23.7 Å². The van der Waals surface area contributed by atoms with Crippen LogP contribution in [0.2, 0.25) is 5.02 Å². The van der Waals surface area contributed by atoms with Crippen molar-refractivity contribution >= 4 is 17.5 Å². The lowest BCUT2D eigenvalue weighted by Crippen LogP contribution is -2.29. The van der Waals surface area contributed by atoms with Crippen LogP contribution in [-0.2, 0) is 11.3 Å². The van der Waals surface area contributed by atoms with Gasteiger partial charge < -0.3 is 10.6 Å². The smallest absolute Gasteiger partial charge is 0.216 e. The molecule has 1 aromatic carbocycles. The number of carbonyl (C=O) groups excluding carboxylic acids is 1. The average molecular weight is 227 g/mol. The highest BCUT2D eigenvalue weighted by molar-refractivity contribution is 6.30. The third kappa shape index (κ3) is 5.40. The summed E-state index contributed by atoms with van der Waals surface area (Å²) < 4.78 is 0. The Kier molecular flexibility index (Phi) is 5.15. The number of hydrogen-bond donors (Lipinski definition) is 2. The number of benzene rings is 1. The van der Waals surface area contributed by atoms with Crippen LogP contribution in [0.25, 0.3) is 0 Å². The lowest BCUT2D eigenvalue weighted by Gasteiger charge is -2.05. The van der Waals surface area contributed by atoms with Crippen LogP contribution in [0, 0.1) is 0 Å². The Labute approximate surface area is 94.8 Å². The number of halogens is 1. The van der Waals surface area contributed by atoms with E-state index in [4.69, 9.17) is 11.6 Å². The predicted octanol–water partition coefficient (Wildman–Crippen LogP) is 1.57. The standard InChI is InChI=1S/C11H15ClN2O/c1-9(15)14-7-6-13-8-10-2-4-11(12)5-3-10/h2-5,13H,6-8H2,1H3,(H,14,15). The van der Waals surface area contributed by atoms with Gasteiger partial charge >= 0.3 is 0 Å². The zero-order chi connectivity index (χ0) is 11.1. The summed E-state index contributed by atoms with van der Waals surface area (Å²) in [4.78, 5) is 10.6. The molecule has 0 saturated heterocycles. The Bertz CT molecular complexity index is 311. The molecule has 1 amide bonds. The van der Waals surface area contributed by atoms with E-state index in [9.17, 15) is 4.79 Å². The van der Waals surface area contributed by atoms with Gasteiger partial charge in [-0.25, -0.2) is 0 Å². The van der Waals surface area contributed by atoms with E-state index >= 15 is 0 Å². The first-order valence-corrected chi connectivity index (χ1v) is 5.26. The Hall–Kier alpha value is -1.06. The van der Waals surface area contributed by atoms with E-state index in [0.717, 1.165) is 18.1 Å². The van der Waals surface area contributed by atoms with Crippen molar-refractivity contribution in [3.8, 4) is 0 Å². The van der Waals surface area contributed by atoms with Crippen LogP contribution in [-0.4, -0.2) is 19.0 Å². The van der Waals surface area contributed by atoms with Crippen molar-refractivity contribution in [2.75, 3.05) is 13.1 Å². The summed E-state index contributed by atoms with van der Waals surface area (Å²) in [6, 6.07) is 7.69. The zero-order valence-corrected chi connectivity index (χ0v) is 9.47. The summed E-state index contributed by atoms with van der Waals surface area (Å²) in [7, 11) is 0. The molecule has 0 fully saturated rings. The minimum atomic E-state index is 0.00305. The topological polar surface area (TPSA) is 41.1 Å². The number of carbonyl (C=O) groups is 1. The van der Waals surface area contributed by atoms with Gasteiger partial charge in [0.1, 0.15) is 0 Å². The van der Waals surface area contributed by atoms with Crippen LogP contribution in [0.1, 0.15) is 12.5 Å². The third-order valence-corrected chi connectivity index (χ3v) is 2.17. The highest BCUT2D eigenvalue weighted by Crippen LogP contribution is 2.08. The quantitative estimate of drug-likeness (QED) is 0.749. The summed E-state index contributed by atoms with van der Waals surface area (Å²) in [6.07, 6.45) is 0. The molecule has 0 atom stereocenters. The van der Waals surface area contributed by atoms with Gasteiger partial charge in [-0.2, -0.15) is 0 Å². The molecular weight excluding hydrogens is 212 g/mol. The minimum absolute atomic E-state index is 0.00305. The summed E-state index contributed by atoms with van der Waals surface area (Å²) in [6.45, 7) is 3.72. The minimum Gasteiger partial charge on any atom is -0.355 e. The monoisotopic (exact) mass is 226 g/mol. The molecule has 0 aromatic heterocycles. The van der Waals surface area contributed by atoms with Gasteiger partial charge in [0.05, 0.1) is 0 Å². The number of rotatable bonds is 5. The Morgan fingerprint density at radius 2 is 1.93 bits per heavy atom. The van der Waals surface area contributed by atoms with Gasteiger partial charge in [0, 0.05) is 31.6 Å². The maximum Gasteiger partial charge on any atom is 0.216 e. The molecule has 0 bridgehead atoms. The van der Waals surface area contributed by atoms with E-state index in [1.807, 2.05) is 24.3 Å². The van der Waals surface area contributed by atoms with Crippen molar-refractivity contribution in [1.29, 1.82) is 0 Å². The zero-order valence-electron chi connectivity index (χ0n) is 8.72. The maximum absolute atomic E-state index is 10.6. The van der Waals surface area contributed by atoms with Gasteiger partial charge in [0.2, 0.25) is 5.91 Å². The average Bonchev–Trinajstić information content (AvgIpc) is 2.20. The predicted molar refractivity (Wildman–Crippen MR) is 61.8 cm³/mol. The van der Waals surface area contributed by atoms with Crippen molar-refractivity contribution in [3.63, 3.8) is 0 Å². The normalized spacial score (nSPS) is 10.0. The van der Waals surface area contributed by atoms with Crippen LogP contribution in [0.5, 0.6) is 0 Å². The van der Waals surface area contributed by atoms with E-state index in [1.54, 1.807) is 0 Å². The molecule has 1 rings (SSSR count). The number of nitrogens with one attached hydrogen (secondary N) is 2. The van der Waals surface area contributed by atoms with Crippen LogP contribution >= 0.6 is 11.6 Å². The molecule has 0 spiro atoms. The summed E-state index contributed by atoms with van der Waals surface area (Å²) >= 11 is 5.76. The third-order valence-electron chi connectivity index (χ3n) is 1.92. The van der Waals surface area contributed by atoms with Gasteiger partial charge in [-0.05, 0) is 17.7 Å². The van der Waals surface area contributed by atoms with E-state index in [-0.39, 0.29) is 5.91 Å². The fourth-order valence-electron chi connectivity index (χ4n) is 1.16. The second-order valence-corrected chi connectivity index (χ2v) is 3.72. The largest absolute Gasteiger partial charge is 0.355 e. The second kappa shape index (κ2) is 6.43. The molecule has 1 aromatic rings. The molecule has 0 unspecified atom stereocenters. The van der Waals surface area contributed by atoms with Crippen molar-refractivity contribution in [1.82, 2.24) is 10.6 Å². The molecule has 0 aliphatic carbocycles. The van der Waals surface area contributed by atoms with E-state index in [2.05, 4.69) is 10.6 Å². The van der Waals surface area contributed by atoms with Crippen LogP contribution in [0.4, 0.5) is 0 Å². The van der Waals surface area contributed by atoms with Gasteiger partial charge in [0.15, 0.2) is 0 Å². The van der Waals surface area contributed by atoms with E-state index in [0.29, 0.717) is 6.54 Å². The maximum atomic E-state index is 10.6. The molecule has 0 aliphatic rings. The lowest BCUT2D eigenvalue weighted by atomic mass is 10.2. The molecule has 0 heterocycles. The summed E-state index contributed by atoms with van der Waals surface area (Å²) in [5.41, 5.74) is 1.18. The Balaban J connectivity index is 2.15. The van der Waals surface area contributed by atoms with Gasteiger partial charge in [0.25, 0.3) is 0 Å². The molecule has 0 aliphatic heterocycles. The van der Waals surface area contributed by atoms with Crippen molar-refractivity contribution in [3.05, 3.63) is 34.9 Å². The Morgan fingerprint density at radius 3 is 2.53 bits per heavy atom. The van der Waals surface area contributed by atoms with Crippen LogP contribution < -0.4 is 10.6 Å². The highest BCUT2D eigenvalue weighted by Gasteiger charge is 1.93. The first-order valence-electron chi connectivity index (χ1n) is 4.88. The molecule has 82 valence electrons. The van der Waals surface area contributed by atoms with Crippen molar-refractivity contribution < 1.29 is 4.79 Å². The van der Waals surface area contributed by atoms with Gasteiger partial charge in [-0.15, -0.1) is 0 Å². The molecule has 0 saturated carbocycles. The first kappa shape index (κ1) is 12.0. The van der Waals surface area contributed by atoms with E-state index < -0.39 is 0 Å². The van der Waals surface area contributed by atoms with Crippen molar-refractivity contribution in [2.45, 2.75) is 13.5 Å². The molecular formula is C11H15ClN2O. The van der Waals surface area contributed by atoms with Crippen molar-refractivity contribution in [2.24, 2.45) is 0 Å². The fraction of sp³-hybridized carbons (Fsp3) is 0.364. The number of amides is 1. The lowest BCUT2D eigenvalue weighted by molar-refractivity contribution is -0.118.